The predicted molar refractivity (Wildman–Crippen MR) is 91.9 cm³/mol. The van der Waals surface area contributed by atoms with Crippen molar-refractivity contribution in [1.29, 1.82) is 0 Å². The number of carbonyl (C=O) groups is 1. The van der Waals surface area contributed by atoms with Crippen LogP contribution in [0.1, 0.15) is 32.8 Å². The van der Waals surface area contributed by atoms with E-state index in [1.807, 2.05) is 26.0 Å². The van der Waals surface area contributed by atoms with Crippen LogP contribution in [0.5, 0.6) is 0 Å². The molecule has 1 aliphatic heterocycles. The third kappa shape index (κ3) is 4.82. The van der Waals surface area contributed by atoms with Crippen molar-refractivity contribution in [1.82, 2.24) is 9.80 Å². The van der Waals surface area contributed by atoms with Crippen LogP contribution < -0.4 is 5.32 Å². The average molecular weight is 303 g/mol. The van der Waals surface area contributed by atoms with Crippen LogP contribution in [0.3, 0.4) is 0 Å². The Morgan fingerprint density at radius 1 is 1.09 bits per heavy atom. The van der Waals surface area contributed by atoms with Gasteiger partial charge in [-0.25, -0.2) is 0 Å². The van der Waals surface area contributed by atoms with Gasteiger partial charge in [0, 0.05) is 44.3 Å². The molecule has 0 radical (unpaired) electrons. The maximum Gasteiger partial charge on any atom is 0.227 e. The summed E-state index contributed by atoms with van der Waals surface area (Å²) in [4.78, 5) is 16.9. The SMILES string of the molecule is CCC(C)C(=O)Nc1ccc(CN2CCN(CC)CC2)cc1. The second kappa shape index (κ2) is 8.30. The Bertz CT molecular complexity index is 464. The van der Waals surface area contributed by atoms with Gasteiger partial charge in [-0.15, -0.1) is 0 Å². The van der Waals surface area contributed by atoms with Crippen molar-refractivity contribution in [3.63, 3.8) is 0 Å². The standard InChI is InChI=1S/C18H29N3O/c1-4-15(3)18(22)19-17-8-6-16(7-9-17)14-21-12-10-20(5-2)11-13-21/h6-9,15H,4-5,10-14H2,1-3H3,(H,19,22). The van der Waals surface area contributed by atoms with Crippen molar-refractivity contribution in [3.8, 4) is 0 Å². The summed E-state index contributed by atoms with van der Waals surface area (Å²) in [5.41, 5.74) is 2.20. The van der Waals surface area contributed by atoms with E-state index in [0.29, 0.717) is 0 Å². The van der Waals surface area contributed by atoms with E-state index in [1.54, 1.807) is 0 Å². The molecule has 122 valence electrons. The van der Waals surface area contributed by atoms with Crippen LogP contribution in [0.4, 0.5) is 5.69 Å². The zero-order valence-electron chi connectivity index (χ0n) is 14.1. The molecule has 2 rings (SSSR count). The monoisotopic (exact) mass is 303 g/mol. The molecule has 1 aromatic rings. The van der Waals surface area contributed by atoms with Crippen LogP contribution in [-0.4, -0.2) is 48.4 Å². The number of likely N-dealkylation sites (N-methyl/N-ethyl adjacent to an activating group) is 1. The first-order valence-electron chi connectivity index (χ1n) is 8.46. The van der Waals surface area contributed by atoms with Gasteiger partial charge in [0.1, 0.15) is 0 Å². The molecule has 1 aliphatic rings. The molecule has 1 amide bonds. The summed E-state index contributed by atoms with van der Waals surface area (Å²) in [6, 6.07) is 8.27. The molecular formula is C18H29N3O. The maximum atomic E-state index is 11.9. The molecular weight excluding hydrogens is 274 g/mol. The quantitative estimate of drug-likeness (QED) is 0.878. The number of hydrogen-bond donors (Lipinski definition) is 1. The molecule has 4 heteroatoms. The summed E-state index contributed by atoms with van der Waals surface area (Å²) in [5, 5.41) is 2.98. The highest BCUT2D eigenvalue weighted by Gasteiger charge is 2.15. The van der Waals surface area contributed by atoms with Gasteiger partial charge in [-0.3, -0.25) is 9.69 Å². The lowest BCUT2D eigenvalue weighted by Gasteiger charge is -2.34. The Morgan fingerprint density at radius 3 is 2.23 bits per heavy atom. The van der Waals surface area contributed by atoms with Gasteiger partial charge < -0.3 is 10.2 Å². The second-order valence-corrected chi connectivity index (χ2v) is 6.21. The van der Waals surface area contributed by atoms with Crippen molar-refractivity contribution in [2.75, 3.05) is 38.0 Å². The van der Waals surface area contributed by atoms with Gasteiger partial charge in [-0.05, 0) is 30.7 Å². The fraction of sp³-hybridized carbons (Fsp3) is 0.611. The molecule has 0 bridgehead atoms. The molecule has 4 nitrogen and oxygen atoms in total. The first-order valence-corrected chi connectivity index (χ1v) is 8.46. The van der Waals surface area contributed by atoms with E-state index in [9.17, 15) is 4.79 Å². The highest BCUT2D eigenvalue weighted by Crippen LogP contribution is 2.14. The van der Waals surface area contributed by atoms with E-state index in [-0.39, 0.29) is 11.8 Å². The smallest absolute Gasteiger partial charge is 0.227 e. The Labute approximate surface area is 134 Å². The summed E-state index contributed by atoms with van der Waals surface area (Å²) in [5.74, 6) is 0.167. The summed E-state index contributed by atoms with van der Waals surface area (Å²) < 4.78 is 0. The lowest BCUT2D eigenvalue weighted by molar-refractivity contribution is -0.119. The second-order valence-electron chi connectivity index (χ2n) is 6.21. The average Bonchev–Trinajstić information content (AvgIpc) is 2.56. The largest absolute Gasteiger partial charge is 0.326 e. The van der Waals surface area contributed by atoms with E-state index >= 15 is 0 Å². The van der Waals surface area contributed by atoms with Gasteiger partial charge in [-0.2, -0.15) is 0 Å². The Kier molecular flexibility index (Phi) is 6.40. The molecule has 0 aliphatic carbocycles. The van der Waals surface area contributed by atoms with Crippen LogP contribution in [0.2, 0.25) is 0 Å². The van der Waals surface area contributed by atoms with Crippen LogP contribution in [0.25, 0.3) is 0 Å². The molecule has 22 heavy (non-hydrogen) atoms. The van der Waals surface area contributed by atoms with Crippen molar-refractivity contribution >= 4 is 11.6 Å². The topological polar surface area (TPSA) is 35.6 Å². The molecule has 0 spiro atoms. The zero-order chi connectivity index (χ0) is 15.9. The van der Waals surface area contributed by atoms with Crippen LogP contribution >= 0.6 is 0 Å². The lowest BCUT2D eigenvalue weighted by Crippen LogP contribution is -2.45. The molecule has 1 heterocycles. The first-order chi connectivity index (χ1) is 10.6. The molecule has 0 saturated carbocycles. The Balaban J connectivity index is 1.83. The van der Waals surface area contributed by atoms with Crippen LogP contribution in [0.15, 0.2) is 24.3 Å². The van der Waals surface area contributed by atoms with Crippen molar-refractivity contribution < 1.29 is 4.79 Å². The van der Waals surface area contributed by atoms with Gasteiger partial charge in [0.2, 0.25) is 5.91 Å². The first kappa shape index (κ1) is 17.0. The fourth-order valence-corrected chi connectivity index (χ4v) is 2.67. The summed E-state index contributed by atoms with van der Waals surface area (Å²) in [6.45, 7) is 13.0. The van der Waals surface area contributed by atoms with Crippen molar-refractivity contribution in [2.45, 2.75) is 33.7 Å². The minimum atomic E-state index is 0.0644. The van der Waals surface area contributed by atoms with E-state index in [4.69, 9.17) is 0 Å². The molecule has 1 aromatic carbocycles. The van der Waals surface area contributed by atoms with Crippen LogP contribution in [0, 0.1) is 5.92 Å². The normalized spacial score (nSPS) is 18.1. The number of nitrogens with one attached hydrogen (secondary N) is 1. The molecule has 1 saturated heterocycles. The molecule has 0 aromatic heterocycles. The van der Waals surface area contributed by atoms with Gasteiger partial charge in [0.05, 0.1) is 0 Å². The molecule has 1 fully saturated rings. The third-order valence-corrected chi connectivity index (χ3v) is 4.60. The highest BCUT2D eigenvalue weighted by molar-refractivity contribution is 5.92. The number of nitrogens with zero attached hydrogens (tertiary/aromatic N) is 2. The minimum Gasteiger partial charge on any atom is -0.326 e. The third-order valence-electron chi connectivity index (χ3n) is 4.60. The van der Waals surface area contributed by atoms with Gasteiger partial charge in [0.25, 0.3) is 0 Å². The number of amides is 1. The van der Waals surface area contributed by atoms with Crippen molar-refractivity contribution in [2.24, 2.45) is 5.92 Å². The van der Waals surface area contributed by atoms with E-state index in [1.165, 1.54) is 18.7 Å². The Hall–Kier alpha value is -1.39. The Morgan fingerprint density at radius 2 is 1.68 bits per heavy atom. The predicted octanol–water partition coefficient (Wildman–Crippen LogP) is 2.81. The van der Waals surface area contributed by atoms with Gasteiger partial charge in [0.15, 0.2) is 0 Å². The zero-order valence-corrected chi connectivity index (χ0v) is 14.1. The van der Waals surface area contributed by atoms with Crippen molar-refractivity contribution in [3.05, 3.63) is 29.8 Å². The van der Waals surface area contributed by atoms with E-state index in [0.717, 1.165) is 38.3 Å². The molecule has 1 N–H and O–H groups in total. The number of rotatable bonds is 6. The summed E-state index contributed by atoms with van der Waals surface area (Å²) >= 11 is 0. The minimum absolute atomic E-state index is 0.0644. The summed E-state index contributed by atoms with van der Waals surface area (Å²) in [6.07, 6.45) is 0.869. The van der Waals surface area contributed by atoms with E-state index < -0.39 is 0 Å². The molecule has 1 atom stereocenters. The van der Waals surface area contributed by atoms with Gasteiger partial charge >= 0.3 is 0 Å². The molecule has 1 unspecified atom stereocenters. The number of hydrogen-bond acceptors (Lipinski definition) is 3. The number of carbonyl (C=O) groups excluding carboxylic acids is 1. The number of benzene rings is 1. The van der Waals surface area contributed by atoms with Gasteiger partial charge in [-0.1, -0.05) is 32.9 Å². The van der Waals surface area contributed by atoms with E-state index in [2.05, 4.69) is 34.2 Å². The lowest BCUT2D eigenvalue weighted by atomic mass is 10.1. The number of anilines is 1. The summed E-state index contributed by atoms with van der Waals surface area (Å²) in [7, 11) is 0. The highest BCUT2D eigenvalue weighted by atomic mass is 16.1. The number of piperazine rings is 1. The fourth-order valence-electron chi connectivity index (χ4n) is 2.67. The van der Waals surface area contributed by atoms with Crippen LogP contribution in [-0.2, 0) is 11.3 Å². The maximum absolute atomic E-state index is 11.9.